The van der Waals surface area contributed by atoms with Crippen LogP contribution in [-0.2, 0) is 0 Å². The molecule has 1 aromatic carbocycles. The highest BCUT2D eigenvalue weighted by Crippen LogP contribution is 2.26. The molecule has 2 fully saturated rings. The molecule has 1 aromatic heterocycles. The van der Waals surface area contributed by atoms with Crippen molar-refractivity contribution in [1.82, 2.24) is 20.2 Å². The van der Waals surface area contributed by atoms with Gasteiger partial charge in [-0.15, -0.1) is 0 Å². The van der Waals surface area contributed by atoms with Crippen molar-refractivity contribution in [3.05, 3.63) is 36.2 Å². The Morgan fingerprint density at radius 3 is 2.90 bits per heavy atom. The zero-order valence-electron chi connectivity index (χ0n) is 11.8. The Balaban J connectivity index is 1.58. The van der Waals surface area contributed by atoms with Gasteiger partial charge >= 0.3 is 0 Å². The molecule has 5 heteroatoms. The van der Waals surface area contributed by atoms with Gasteiger partial charge in [0.1, 0.15) is 0 Å². The molecule has 0 saturated carbocycles. The number of likely N-dealkylation sites (tertiary alicyclic amines) is 1. The number of hydrogen-bond acceptors (Lipinski definition) is 4. The topological polar surface area (TPSA) is 58.1 Å². The highest BCUT2D eigenvalue weighted by atomic mass is 16.2. The van der Waals surface area contributed by atoms with Crippen molar-refractivity contribution >= 4 is 16.9 Å². The van der Waals surface area contributed by atoms with Crippen LogP contribution in [0, 0.1) is 5.92 Å². The zero-order chi connectivity index (χ0) is 14.2. The number of amides is 1. The lowest BCUT2D eigenvalue weighted by atomic mass is 9.94. The maximum absolute atomic E-state index is 12.7. The lowest BCUT2D eigenvalue weighted by Gasteiger charge is -2.24. The molecule has 4 rings (SSSR count). The average molecular weight is 282 g/mol. The van der Waals surface area contributed by atoms with E-state index in [1.165, 1.54) is 12.8 Å². The number of piperidine rings is 1. The minimum absolute atomic E-state index is 0.110. The second kappa shape index (κ2) is 5.07. The van der Waals surface area contributed by atoms with Crippen molar-refractivity contribution in [3.63, 3.8) is 0 Å². The third-order valence-electron chi connectivity index (χ3n) is 4.60. The minimum Gasteiger partial charge on any atom is -0.337 e. The fraction of sp³-hybridized carbons (Fsp3) is 0.438. The molecule has 1 N–H and O–H groups in total. The van der Waals surface area contributed by atoms with E-state index < -0.39 is 0 Å². The molecule has 21 heavy (non-hydrogen) atoms. The maximum atomic E-state index is 12.7. The first kappa shape index (κ1) is 12.7. The molecule has 5 nitrogen and oxygen atoms in total. The number of carbonyl (C=O) groups excluding carboxylic acids is 1. The van der Waals surface area contributed by atoms with Gasteiger partial charge in [-0.05, 0) is 43.5 Å². The predicted molar refractivity (Wildman–Crippen MR) is 80.0 cm³/mol. The van der Waals surface area contributed by atoms with Gasteiger partial charge < -0.3 is 10.2 Å². The van der Waals surface area contributed by atoms with Crippen LogP contribution in [0.15, 0.2) is 30.6 Å². The molecule has 0 bridgehead atoms. The molecule has 2 atom stereocenters. The van der Waals surface area contributed by atoms with Gasteiger partial charge in [-0.25, -0.2) is 0 Å². The lowest BCUT2D eigenvalue weighted by Crippen LogP contribution is -2.41. The second-order valence-corrected chi connectivity index (χ2v) is 5.93. The fourth-order valence-electron chi connectivity index (χ4n) is 3.49. The van der Waals surface area contributed by atoms with Crippen LogP contribution < -0.4 is 5.32 Å². The van der Waals surface area contributed by atoms with Crippen molar-refractivity contribution in [1.29, 1.82) is 0 Å². The quantitative estimate of drug-likeness (QED) is 0.860. The molecule has 0 spiro atoms. The molecule has 2 aromatic rings. The lowest BCUT2D eigenvalue weighted by molar-refractivity contribution is 0.0786. The van der Waals surface area contributed by atoms with Gasteiger partial charge in [-0.3, -0.25) is 14.8 Å². The molecule has 2 aliphatic rings. The second-order valence-electron chi connectivity index (χ2n) is 5.93. The molecular formula is C16H18N4O. The number of hydrogen-bond donors (Lipinski definition) is 1. The zero-order valence-corrected chi connectivity index (χ0v) is 11.8. The molecule has 2 saturated heterocycles. The van der Waals surface area contributed by atoms with E-state index >= 15 is 0 Å². The third kappa shape index (κ3) is 2.27. The van der Waals surface area contributed by atoms with Gasteiger partial charge in [-0.1, -0.05) is 0 Å². The summed E-state index contributed by atoms with van der Waals surface area (Å²) in [4.78, 5) is 23.2. The summed E-state index contributed by atoms with van der Waals surface area (Å²) in [7, 11) is 0. The van der Waals surface area contributed by atoms with E-state index in [9.17, 15) is 4.79 Å². The van der Waals surface area contributed by atoms with E-state index in [0.29, 0.717) is 17.5 Å². The number of nitrogens with one attached hydrogen (secondary N) is 1. The van der Waals surface area contributed by atoms with E-state index in [1.807, 2.05) is 23.1 Å². The predicted octanol–water partition coefficient (Wildman–Crippen LogP) is 1.45. The van der Waals surface area contributed by atoms with E-state index in [0.717, 1.165) is 30.7 Å². The van der Waals surface area contributed by atoms with Crippen LogP contribution in [0.4, 0.5) is 0 Å². The van der Waals surface area contributed by atoms with Gasteiger partial charge in [0.15, 0.2) is 0 Å². The number of aromatic nitrogens is 2. The minimum atomic E-state index is 0.110. The van der Waals surface area contributed by atoms with Gasteiger partial charge in [0.05, 0.1) is 11.0 Å². The van der Waals surface area contributed by atoms with Crippen LogP contribution in [-0.4, -0.2) is 46.5 Å². The summed E-state index contributed by atoms with van der Waals surface area (Å²) in [6.07, 6.45) is 5.77. The van der Waals surface area contributed by atoms with Crippen molar-refractivity contribution in [2.75, 3.05) is 19.6 Å². The summed E-state index contributed by atoms with van der Waals surface area (Å²) in [5, 5.41) is 3.53. The first-order valence-corrected chi connectivity index (χ1v) is 7.55. The Morgan fingerprint density at radius 2 is 2.05 bits per heavy atom. The summed E-state index contributed by atoms with van der Waals surface area (Å²) in [6, 6.07) is 6.05. The van der Waals surface area contributed by atoms with Gasteiger partial charge in [0.2, 0.25) is 0 Å². The first-order chi connectivity index (χ1) is 10.3. The van der Waals surface area contributed by atoms with Crippen molar-refractivity contribution in [2.45, 2.75) is 18.9 Å². The number of fused-ring (bicyclic) bond motifs is 2. The molecule has 0 aliphatic carbocycles. The molecule has 0 radical (unpaired) electrons. The molecule has 3 heterocycles. The average Bonchev–Trinajstić information content (AvgIpc) is 2.97. The summed E-state index contributed by atoms with van der Waals surface area (Å²) in [6.45, 7) is 2.77. The van der Waals surface area contributed by atoms with Crippen LogP contribution >= 0.6 is 0 Å². The Hall–Kier alpha value is -2.01. The van der Waals surface area contributed by atoms with Crippen LogP contribution in [0.2, 0.25) is 0 Å². The van der Waals surface area contributed by atoms with Crippen LogP contribution in [0.5, 0.6) is 0 Å². The number of benzene rings is 1. The summed E-state index contributed by atoms with van der Waals surface area (Å²) in [5.74, 6) is 0.724. The Bertz CT molecular complexity index is 673. The molecule has 1 amide bonds. The molecule has 108 valence electrons. The van der Waals surface area contributed by atoms with Crippen molar-refractivity contribution in [3.8, 4) is 0 Å². The van der Waals surface area contributed by atoms with E-state index in [4.69, 9.17) is 0 Å². The van der Waals surface area contributed by atoms with Crippen molar-refractivity contribution in [2.24, 2.45) is 5.92 Å². The fourth-order valence-corrected chi connectivity index (χ4v) is 3.49. The third-order valence-corrected chi connectivity index (χ3v) is 4.60. The number of rotatable bonds is 1. The summed E-state index contributed by atoms with van der Waals surface area (Å²) in [5.41, 5.74) is 2.31. The van der Waals surface area contributed by atoms with Gasteiger partial charge in [-0.2, -0.15) is 0 Å². The highest BCUT2D eigenvalue weighted by Gasteiger charge is 2.36. The monoisotopic (exact) mass is 282 g/mol. The van der Waals surface area contributed by atoms with Crippen LogP contribution in [0.1, 0.15) is 23.2 Å². The molecule has 0 unspecified atom stereocenters. The summed E-state index contributed by atoms with van der Waals surface area (Å²) >= 11 is 0. The van der Waals surface area contributed by atoms with E-state index in [2.05, 4.69) is 15.3 Å². The first-order valence-electron chi connectivity index (χ1n) is 7.55. The number of nitrogens with zero attached hydrogens (tertiary/aromatic N) is 3. The highest BCUT2D eigenvalue weighted by molar-refractivity contribution is 5.97. The summed E-state index contributed by atoms with van der Waals surface area (Å²) < 4.78 is 0. The largest absolute Gasteiger partial charge is 0.337 e. The SMILES string of the molecule is O=C(c1ccc2nccnc2c1)N1C[C@@H]2CCCN[C@@H]2C1. The smallest absolute Gasteiger partial charge is 0.253 e. The normalized spacial score (nSPS) is 25.0. The van der Waals surface area contributed by atoms with Gasteiger partial charge in [0.25, 0.3) is 5.91 Å². The molecule has 2 aliphatic heterocycles. The van der Waals surface area contributed by atoms with E-state index in [-0.39, 0.29) is 5.91 Å². The Morgan fingerprint density at radius 1 is 1.19 bits per heavy atom. The van der Waals surface area contributed by atoms with Crippen LogP contribution in [0.3, 0.4) is 0 Å². The number of carbonyl (C=O) groups is 1. The standard InChI is InChI=1S/C16H18N4O/c21-16(20-9-12-2-1-5-17-15(12)10-20)11-3-4-13-14(8-11)19-7-6-18-13/h3-4,6-8,12,15,17H,1-2,5,9-10H2/t12-,15+/m0/s1. The van der Waals surface area contributed by atoms with Crippen molar-refractivity contribution < 1.29 is 4.79 Å². The maximum Gasteiger partial charge on any atom is 0.253 e. The van der Waals surface area contributed by atoms with Gasteiger partial charge in [0, 0.05) is 37.1 Å². The van der Waals surface area contributed by atoms with Crippen LogP contribution in [0.25, 0.3) is 11.0 Å². The molecular weight excluding hydrogens is 264 g/mol. The van der Waals surface area contributed by atoms with E-state index in [1.54, 1.807) is 12.4 Å². The Kier molecular flexibility index (Phi) is 3.07. The Labute approximate surface area is 123 Å².